The highest BCUT2D eigenvalue weighted by Gasteiger charge is 2.14. The van der Waals surface area contributed by atoms with E-state index < -0.39 is 0 Å². The highest BCUT2D eigenvalue weighted by Crippen LogP contribution is 2.23. The predicted octanol–water partition coefficient (Wildman–Crippen LogP) is 2.28. The Morgan fingerprint density at radius 3 is 2.90 bits per heavy atom. The van der Waals surface area contributed by atoms with Crippen molar-refractivity contribution in [2.45, 2.75) is 26.9 Å². The topological polar surface area (TPSA) is 71.5 Å². The van der Waals surface area contributed by atoms with Gasteiger partial charge in [-0.25, -0.2) is 5.84 Å². The molecule has 0 aliphatic rings. The molecule has 1 amide bonds. The summed E-state index contributed by atoms with van der Waals surface area (Å²) in [5.41, 5.74) is 3.32. The third-order valence-electron chi connectivity index (χ3n) is 3.18. The Kier molecular flexibility index (Phi) is 4.94. The number of aryl methyl sites for hydroxylation is 1. The average Bonchev–Trinajstić information content (AvgIpc) is 3.07. The first-order chi connectivity index (χ1) is 9.63. The maximum absolute atomic E-state index is 11.5. The molecule has 2 aromatic heterocycles. The highest BCUT2D eigenvalue weighted by molar-refractivity contribution is 7.14. The molecular formula is C14H19N3O2S. The summed E-state index contributed by atoms with van der Waals surface area (Å²) < 4.78 is 5.37. The van der Waals surface area contributed by atoms with Crippen LogP contribution in [-0.2, 0) is 13.1 Å². The summed E-state index contributed by atoms with van der Waals surface area (Å²) in [6.07, 6.45) is 1.68. The van der Waals surface area contributed by atoms with Gasteiger partial charge in [0.25, 0.3) is 5.91 Å². The van der Waals surface area contributed by atoms with Crippen molar-refractivity contribution in [3.8, 4) is 0 Å². The van der Waals surface area contributed by atoms with Gasteiger partial charge in [-0.1, -0.05) is 6.92 Å². The van der Waals surface area contributed by atoms with Crippen LogP contribution in [0.1, 0.15) is 32.8 Å². The Labute approximate surface area is 122 Å². The number of hydrogen-bond donors (Lipinski definition) is 2. The molecular weight excluding hydrogens is 274 g/mol. The maximum Gasteiger partial charge on any atom is 0.275 e. The van der Waals surface area contributed by atoms with Gasteiger partial charge in [-0.05, 0) is 37.2 Å². The van der Waals surface area contributed by atoms with Crippen molar-refractivity contribution in [2.75, 3.05) is 6.54 Å². The van der Waals surface area contributed by atoms with Crippen molar-refractivity contribution < 1.29 is 9.21 Å². The number of nitrogens with one attached hydrogen (secondary N) is 1. The molecule has 5 nitrogen and oxygen atoms in total. The van der Waals surface area contributed by atoms with Crippen molar-refractivity contribution >= 4 is 17.2 Å². The van der Waals surface area contributed by atoms with Crippen LogP contribution in [0.25, 0.3) is 0 Å². The summed E-state index contributed by atoms with van der Waals surface area (Å²) in [6, 6.07) is 5.77. The van der Waals surface area contributed by atoms with E-state index in [0.29, 0.717) is 4.88 Å². The molecule has 0 saturated heterocycles. The van der Waals surface area contributed by atoms with Crippen molar-refractivity contribution in [3.63, 3.8) is 0 Å². The number of nitrogens with two attached hydrogens (primary N) is 1. The molecule has 3 N–H and O–H groups in total. The number of nitrogens with zero attached hydrogens (tertiary/aromatic N) is 1. The Hall–Kier alpha value is -1.63. The summed E-state index contributed by atoms with van der Waals surface area (Å²) in [7, 11) is 0. The van der Waals surface area contributed by atoms with E-state index in [1.807, 2.05) is 25.1 Å². The van der Waals surface area contributed by atoms with Crippen LogP contribution in [0.15, 0.2) is 28.9 Å². The maximum atomic E-state index is 11.5. The largest absolute Gasteiger partial charge is 0.468 e. The number of rotatable bonds is 6. The number of carbonyl (C=O) groups is 1. The molecule has 0 saturated carbocycles. The van der Waals surface area contributed by atoms with Gasteiger partial charge in [0, 0.05) is 11.4 Å². The number of carbonyl (C=O) groups excluding carboxylic acids is 1. The van der Waals surface area contributed by atoms with E-state index in [1.54, 1.807) is 6.26 Å². The minimum Gasteiger partial charge on any atom is -0.468 e. The number of furan rings is 1. The van der Waals surface area contributed by atoms with E-state index >= 15 is 0 Å². The number of thiophene rings is 1. The Balaban J connectivity index is 2.07. The Bertz CT molecular complexity index is 563. The molecule has 0 spiro atoms. The lowest BCUT2D eigenvalue weighted by atomic mass is 10.2. The molecule has 20 heavy (non-hydrogen) atoms. The Morgan fingerprint density at radius 1 is 1.50 bits per heavy atom. The second kappa shape index (κ2) is 6.69. The van der Waals surface area contributed by atoms with Crippen LogP contribution in [0, 0.1) is 6.92 Å². The average molecular weight is 293 g/mol. The molecule has 0 aliphatic heterocycles. The molecule has 6 heteroatoms. The molecule has 0 atom stereocenters. The number of hydrazine groups is 1. The summed E-state index contributed by atoms with van der Waals surface area (Å²) in [5.74, 6) is 5.87. The second-order valence-corrected chi connectivity index (χ2v) is 5.80. The smallest absolute Gasteiger partial charge is 0.275 e. The predicted molar refractivity (Wildman–Crippen MR) is 79.2 cm³/mol. The third-order valence-corrected chi connectivity index (χ3v) is 4.27. The van der Waals surface area contributed by atoms with Crippen LogP contribution in [0.5, 0.6) is 0 Å². The molecule has 0 radical (unpaired) electrons. The van der Waals surface area contributed by atoms with Gasteiger partial charge >= 0.3 is 0 Å². The van der Waals surface area contributed by atoms with Gasteiger partial charge in [-0.15, -0.1) is 11.3 Å². The third kappa shape index (κ3) is 3.47. The zero-order valence-corrected chi connectivity index (χ0v) is 12.5. The molecule has 0 unspecified atom stereocenters. The fourth-order valence-electron chi connectivity index (χ4n) is 2.00. The van der Waals surface area contributed by atoms with Crippen molar-refractivity contribution in [2.24, 2.45) is 5.84 Å². The SMILES string of the molecule is CCN(Cc1ccco1)Cc1cc(C(=O)NN)sc1C. The van der Waals surface area contributed by atoms with E-state index in [1.165, 1.54) is 11.3 Å². The normalized spacial score (nSPS) is 11.0. The number of nitrogen functional groups attached to an aromatic ring is 1. The first-order valence-corrected chi connectivity index (χ1v) is 7.30. The minimum atomic E-state index is -0.238. The Morgan fingerprint density at radius 2 is 2.30 bits per heavy atom. The van der Waals surface area contributed by atoms with Crippen LogP contribution >= 0.6 is 11.3 Å². The first-order valence-electron chi connectivity index (χ1n) is 6.49. The number of amides is 1. The van der Waals surface area contributed by atoms with E-state index in [-0.39, 0.29) is 5.91 Å². The van der Waals surface area contributed by atoms with E-state index in [0.717, 1.165) is 35.8 Å². The van der Waals surface area contributed by atoms with Gasteiger partial charge < -0.3 is 4.42 Å². The van der Waals surface area contributed by atoms with E-state index in [4.69, 9.17) is 10.3 Å². The number of hydrogen-bond acceptors (Lipinski definition) is 5. The van der Waals surface area contributed by atoms with Gasteiger partial charge in [0.05, 0.1) is 17.7 Å². The summed E-state index contributed by atoms with van der Waals surface area (Å²) >= 11 is 1.47. The first kappa shape index (κ1) is 14.8. The van der Waals surface area contributed by atoms with E-state index in [9.17, 15) is 4.79 Å². The van der Waals surface area contributed by atoms with Gasteiger partial charge in [0.15, 0.2) is 0 Å². The van der Waals surface area contributed by atoms with Gasteiger partial charge in [0.2, 0.25) is 0 Å². The molecule has 2 rings (SSSR count). The fourth-order valence-corrected chi connectivity index (χ4v) is 2.94. The molecule has 0 fully saturated rings. The van der Waals surface area contributed by atoms with Crippen molar-refractivity contribution in [1.29, 1.82) is 0 Å². The molecule has 0 aromatic carbocycles. The van der Waals surface area contributed by atoms with Gasteiger partial charge in [0.1, 0.15) is 5.76 Å². The lowest BCUT2D eigenvalue weighted by Crippen LogP contribution is -2.29. The standard InChI is InChI=1S/C14H19N3O2S/c1-3-17(9-12-5-4-6-19-12)8-11-7-13(14(18)16-15)20-10(11)2/h4-7H,3,8-9,15H2,1-2H3,(H,16,18). The quantitative estimate of drug-likeness (QED) is 0.487. The molecule has 0 bridgehead atoms. The van der Waals surface area contributed by atoms with Crippen LogP contribution < -0.4 is 11.3 Å². The summed E-state index contributed by atoms with van der Waals surface area (Å²) in [5, 5.41) is 0. The molecule has 2 heterocycles. The van der Waals surface area contributed by atoms with Crippen LogP contribution in [0.2, 0.25) is 0 Å². The lowest BCUT2D eigenvalue weighted by Gasteiger charge is -2.18. The summed E-state index contributed by atoms with van der Waals surface area (Å²) in [6.45, 7) is 6.59. The van der Waals surface area contributed by atoms with Crippen LogP contribution in [0.3, 0.4) is 0 Å². The monoisotopic (exact) mass is 293 g/mol. The van der Waals surface area contributed by atoms with Crippen LogP contribution in [0.4, 0.5) is 0 Å². The van der Waals surface area contributed by atoms with E-state index in [2.05, 4.69) is 17.2 Å². The second-order valence-electron chi connectivity index (χ2n) is 4.55. The van der Waals surface area contributed by atoms with Crippen molar-refractivity contribution in [1.82, 2.24) is 10.3 Å². The highest BCUT2D eigenvalue weighted by atomic mass is 32.1. The summed E-state index contributed by atoms with van der Waals surface area (Å²) in [4.78, 5) is 15.6. The van der Waals surface area contributed by atoms with Gasteiger partial charge in [-0.3, -0.25) is 15.1 Å². The zero-order chi connectivity index (χ0) is 14.5. The molecule has 0 aliphatic carbocycles. The fraction of sp³-hybridized carbons (Fsp3) is 0.357. The molecule has 108 valence electrons. The van der Waals surface area contributed by atoms with Crippen LogP contribution in [-0.4, -0.2) is 17.4 Å². The minimum absolute atomic E-state index is 0.238. The zero-order valence-electron chi connectivity index (χ0n) is 11.7. The lowest BCUT2D eigenvalue weighted by molar-refractivity contribution is 0.0957. The van der Waals surface area contributed by atoms with Gasteiger partial charge in [-0.2, -0.15) is 0 Å². The molecule has 2 aromatic rings. The van der Waals surface area contributed by atoms with Crippen molar-refractivity contribution in [3.05, 3.63) is 45.5 Å².